The number of amides is 2. The summed E-state index contributed by atoms with van der Waals surface area (Å²) >= 11 is 0. The van der Waals surface area contributed by atoms with Crippen molar-refractivity contribution in [1.82, 2.24) is 15.6 Å². The Hall–Kier alpha value is -1.91. The normalized spacial score (nSPS) is 22.2. The fraction of sp³-hybridized carbons (Fsp3) is 0.611. The molecule has 2 amide bonds. The molecule has 126 valence electrons. The molecule has 1 fully saturated rings. The van der Waals surface area contributed by atoms with Crippen LogP contribution in [0.5, 0.6) is 0 Å². The smallest absolute Gasteiger partial charge is 0.219 e. The standard InChI is InChI=1S/C18H27N3O2/c1-3-17(23)20-12-14-7-9-15(10-8-14)18(21-13(2)22)16-6-4-5-11-19-16/h4-6,11,14-15,18H,3,7-10,12H2,1-2H3,(H,20,23)(H,21,22). The van der Waals surface area contributed by atoms with E-state index in [1.54, 1.807) is 13.1 Å². The van der Waals surface area contributed by atoms with Gasteiger partial charge in [-0.25, -0.2) is 0 Å². The Morgan fingerprint density at radius 3 is 2.57 bits per heavy atom. The van der Waals surface area contributed by atoms with Gasteiger partial charge in [-0.1, -0.05) is 13.0 Å². The van der Waals surface area contributed by atoms with Crippen LogP contribution in [-0.2, 0) is 9.59 Å². The Bertz CT molecular complexity index is 510. The third-order valence-electron chi connectivity index (χ3n) is 4.64. The number of hydrogen-bond donors (Lipinski definition) is 2. The van der Waals surface area contributed by atoms with Gasteiger partial charge in [0.15, 0.2) is 0 Å². The van der Waals surface area contributed by atoms with Crippen molar-refractivity contribution in [1.29, 1.82) is 0 Å². The molecule has 1 saturated carbocycles. The van der Waals surface area contributed by atoms with Crippen LogP contribution in [-0.4, -0.2) is 23.3 Å². The summed E-state index contributed by atoms with van der Waals surface area (Å²) in [6, 6.07) is 5.82. The predicted octanol–water partition coefficient (Wildman–Crippen LogP) is 2.59. The Balaban J connectivity index is 1.92. The van der Waals surface area contributed by atoms with Crippen LogP contribution in [0.4, 0.5) is 0 Å². The molecule has 0 bridgehead atoms. The molecule has 0 aliphatic heterocycles. The lowest BCUT2D eigenvalue weighted by atomic mass is 9.77. The van der Waals surface area contributed by atoms with Crippen molar-refractivity contribution in [2.75, 3.05) is 6.54 Å². The van der Waals surface area contributed by atoms with Gasteiger partial charge >= 0.3 is 0 Å². The van der Waals surface area contributed by atoms with E-state index >= 15 is 0 Å². The summed E-state index contributed by atoms with van der Waals surface area (Å²) < 4.78 is 0. The lowest BCUT2D eigenvalue weighted by Crippen LogP contribution is -2.36. The molecule has 1 aromatic heterocycles. The molecule has 1 unspecified atom stereocenters. The summed E-state index contributed by atoms with van der Waals surface area (Å²) in [5.74, 6) is 1.06. The monoisotopic (exact) mass is 317 g/mol. The largest absolute Gasteiger partial charge is 0.356 e. The van der Waals surface area contributed by atoms with Crippen LogP contribution in [0, 0.1) is 11.8 Å². The average Bonchev–Trinajstić information content (AvgIpc) is 2.58. The number of pyridine rings is 1. The molecule has 1 heterocycles. The van der Waals surface area contributed by atoms with Gasteiger partial charge < -0.3 is 10.6 Å². The van der Waals surface area contributed by atoms with E-state index in [1.165, 1.54) is 0 Å². The SMILES string of the molecule is CCC(=O)NCC1CCC(C(NC(C)=O)c2ccccn2)CC1. The highest BCUT2D eigenvalue weighted by molar-refractivity contribution is 5.75. The van der Waals surface area contributed by atoms with Gasteiger partial charge in [-0.3, -0.25) is 14.6 Å². The molecule has 1 aliphatic rings. The summed E-state index contributed by atoms with van der Waals surface area (Å²) in [6.07, 6.45) is 6.58. The lowest BCUT2D eigenvalue weighted by molar-refractivity contribution is -0.121. The van der Waals surface area contributed by atoms with Crippen molar-refractivity contribution in [3.63, 3.8) is 0 Å². The van der Waals surface area contributed by atoms with Crippen LogP contribution in [0.3, 0.4) is 0 Å². The fourth-order valence-corrected chi connectivity index (χ4v) is 3.32. The van der Waals surface area contributed by atoms with Crippen LogP contribution in [0.1, 0.15) is 57.7 Å². The summed E-state index contributed by atoms with van der Waals surface area (Å²) in [6.45, 7) is 4.20. The van der Waals surface area contributed by atoms with Crippen LogP contribution >= 0.6 is 0 Å². The Kier molecular flexibility index (Phi) is 6.56. The minimum Gasteiger partial charge on any atom is -0.356 e. The van der Waals surface area contributed by atoms with E-state index < -0.39 is 0 Å². The zero-order valence-electron chi connectivity index (χ0n) is 14.0. The molecule has 5 heteroatoms. The van der Waals surface area contributed by atoms with Crippen molar-refractivity contribution >= 4 is 11.8 Å². The first-order chi connectivity index (χ1) is 11.1. The minimum atomic E-state index is -0.0158. The molecule has 0 saturated heterocycles. The van der Waals surface area contributed by atoms with Crippen molar-refractivity contribution in [2.24, 2.45) is 11.8 Å². The maximum absolute atomic E-state index is 11.6. The first-order valence-corrected chi connectivity index (χ1v) is 8.54. The zero-order chi connectivity index (χ0) is 16.7. The van der Waals surface area contributed by atoms with Gasteiger partial charge in [0, 0.05) is 26.1 Å². The summed E-state index contributed by atoms with van der Waals surface area (Å²) in [5.41, 5.74) is 0.936. The first-order valence-electron chi connectivity index (χ1n) is 8.54. The van der Waals surface area contributed by atoms with Crippen LogP contribution in [0.2, 0.25) is 0 Å². The molecule has 0 aromatic carbocycles. The van der Waals surface area contributed by atoms with E-state index in [9.17, 15) is 9.59 Å². The summed E-state index contributed by atoms with van der Waals surface area (Å²) in [7, 11) is 0. The maximum Gasteiger partial charge on any atom is 0.219 e. The topological polar surface area (TPSA) is 71.1 Å². The molecule has 2 rings (SSSR count). The van der Waals surface area contributed by atoms with E-state index in [0.717, 1.165) is 37.9 Å². The molecular weight excluding hydrogens is 290 g/mol. The summed E-state index contributed by atoms with van der Waals surface area (Å²) in [4.78, 5) is 27.4. The quantitative estimate of drug-likeness (QED) is 0.847. The Morgan fingerprint density at radius 1 is 1.26 bits per heavy atom. The number of rotatable bonds is 6. The second-order valence-corrected chi connectivity index (χ2v) is 6.37. The van der Waals surface area contributed by atoms with Gasteiger partial charge in [0.25, 0.3) is 0 Å². The number of nitrogens with zero attached hydrogens (tertiary/aromatic N) is 1. The molecule has 1 atom stereocenters. The molecule has 1 aliphatic carbocycles. The number of aromatic nitrogens is 1. The fourth-order valence-electron chi connectivity index (χ4n) is 3.32. The van der Waals surface area contributed by atoms with E-state index in [2.05, 4.69) is 15.6 Å². The van der Waals surface area contributed by atoms with Gasteiger partial charge in [0.05, 0.1) is 11.7 Å². The van der Waals surface area contributed by atoms with Gasteiger partial charge in [-0.05, 0) is 49.7 Å². The average molecular weight is 317 g/mol. The highest BCUT2D eigenvalue weighted by atomic mass is 16.2. The number of hydrogen-bond acceptors (Lipinski definition) is 3. The van der Waals surface area contributed by atoms with Gasteiger partial charge in [0.1, 0.15) is 0 Å². The highest BCUT2D eigenvalue weighted by Gasteiger charge is 2.29. The molecule has 0 radical (unpaired) electrons. The molecule has 2 N–H and O–H groups in total. The Labute approximate surface area is 138 Å². The number of carbonyl (C=O) groups excluding carboxylic acids is 2. The first kappa shape index (κ1) is 17.4. The van der Waals surface area contributed by atoms with E-state index in [4.69, 9.17) is 0 Å². The second-order valence-electron chi connectivity index (χ2n) is 6.37. The Morgan fingerprint density at radius 2 is 2.00 bits per heavy atom. The molecule has 23 heavy (non-hydrogen) atoms. The molecule has 1 aromatic rings. The van der Waals surface area contributed by atoms with Gasteiger partial charge in [-0.2, -0.15) is 0 Å². The lowest BCUT2D eigenvalue weighted by Gasteiger charge is -2.34. The molecular formula is C18H27N3O2. The van der Waals surface area contributed by atoms with Gasteiger partial charge in [-0.15, -0.1) is 0 Å². The van der Waals surface area contributed by atoms with E-state index in [-0.39, 0.29) is 17.9 Å². The zero-order valence-corrected chi connectivity index (χ0v) is 14.0. The van der Waals surface area contributed by atoms with E-state index in [1.807, 2.05) is 25.1 Å². The third kappa shape index (κ3) is 5.34. The number of carbonyl (C=O) groups is 2. The minimum absolute atomic E-state index is 0.0140. The summed E-state index contributed by atoms with van der Waals surface area (Å²) in [5, 5.41) is 6.06. The maximum atomic E-state index is 11.6. The third-order valence-corrected chi connectivity index (χ3v) is 4.64. The van der Waals surface area contributed by atoms with Crippen LogP contribution in [0.25, 0.3) is 0 Å². The second kappa shape index (κ2) is 8.65. The van der Waals surface area contributed by atoms with E-state index in [0.29, 0.717) is 18.3 Å². The van der Waals surface area contributed by atoms with Crippen LogP contribution in [0.15, 0.2) is 24.4 Å². The van der Waals surface area contributed by atoms with Crippen molar-refractivity contribution in [3.05, 3.63) is 30.1 Å². The van der Waals surface area contributed by atoms with Crippen LogP contribution < -0.4 is 10.6 Å². The predicted molar refractivity (Wildman–Crippen MR) is 89.5 cm³/mol. The molecule has 0 spiro atoms. The van der Waals surface area contributed by atoms with Crippen molar-refractivity contribution in [2.45, 2.75) is 52.0 Å². The van der Waals surface area contributed by atoms with Crippen molar-refractivity contribution < 1.29 is 9.59 Å². The van der Waals surface area contributed by atoms with Crippen molar-refractivity contribution in [3.8, 4) is 0 Å². The van der Waals surface area contributed by atoms with Gasteiger partial charge in [0.2, 0.25) is 11.8 Å². The highest BCUT2D eigenvalue weighted by Crippen LogP contribution is 2.36. The number of nitrogens with one attached hydrogen (secondary N) is 2. The molecule has 5 nitrogen and oxygen atoms in total.